The van der Waals surface area contributed by atoms with Gasteiger partial charge in [0, 0.05) is 6.08 Å². The van der Waals surface area contributed by atoms with Crippen LogP contribution in [-0.2, 0) is 9.59 Å². The second-order valence-electron chi connectivity index (χ2n) is 5.24. The summed E-state index contributed by atoms with van der Waals surface area (Å²) in [6.45, 7) is 3.92. The maximum absolute atomic E-state index is 12.5. The SMILES string of the molecule is Cc1ccc(C2=CC(=O)N(c3cccc(C)c3)C2=O)cc1. The van der Waals surface area contributed by atoms with Gasteiger partial charge in [-0.25, -0.2) is 4.90 Å². The van der Waals surface area contributed by atoms with Crippen molar-refractivity contribution in [2.75, 3.05) is 4.90 Å². The number of rotatable bonds is 2. The lowest BCUT2D eigenvalue weighted by Gasteiger charge is -2.15. The maximum Gasteiger partial charge on any atom is 0.266 e. The van der Waals surface area contributed by atoms with Crippen LogP contribution in [0.1, 0.15) is 16.7 Å². The van der Waals surface area contributed by atoms with E-state index in [1.165, 1.54) is 11.0 Å². The molecule has 1 aliphatic heterocycles. The molecule has 21 heavy (non-hydrogen) atoms. The summed E-state index contributed by atoms with van der Waals surface area (Å²) in [7, 11) is 0. The van der Waals surface area contributed by atoms with Crippen LogP contribution in [0.4, 0.5) is 5.69 Å². The van der Waals surface area contributed by atoms with Gasteiger partial charge in [-0.2, -0.15) is 0 Å². The Hall–Kier alpha value is -2.68. The Balaban J connectivity index is 1.97. The normalized spacial score (nSPS) is 14.6. The summed E-state index contributed by atoms with van der Waals surface area (Å²) in [5, 5.41) is 0. The largest absolute Gasteiger partial charge is 0.269 e. The number of hydrogen-bond acceptors (Lipinski definition) is 2. The minimum atomic E-state index is -0.291. The first-order valence-corrected chi connectivity index (χ1v) is 6.80. The van der Waals surface area contributed by atoms with E-state index in [9.17, 15) is 9.59 Å². The van der Waals surface area contributed by atoms with Crippen LogP contribution in [0.5, 0.6) is 0 Å². The van der Waals surface area contributed by atoms with Crippen molar-refractivity contribution < 1.29 is 9.59 Å². The standard InChI is InChI=1S/C18H15NO2/c1-12-6-8-14(9-7-12)16-11-17(20)19(18(16)21)15-5-3-4-13(2)10-15/h3-11H,1-2H3. The van der Waals surface area contributed by atoms with Crippen LogP contribution in [0.2, 0.25) is 0 Å². The van der Waals surface area contributed by atoms with Crippen molar-refractivity contribution in [1.29, 1.82) is 0 Å². The predicted molar refractivity (Wildman–Crippen MR) is 82.8 cm³/mol. The van der Waals surface area contributed by atoms with Crippen LogP contribution in [0, 0.1) is 13.8 Å². The van der Waals surface area contributed by atoms with E-state index < -0.39 is 0 Å². The van der Waals surface area contributed by atoms with Gasteiger partial charge in [-0.05, 0) is 37.1 Å². The average Bonchev–Trinajstić information content (AvgIpc) is 2.75. The molecule has 0 fully saturated rings. The Morgan fingerprint density at radius 3 is 2.24 bits per heavy atom. The van der Waals surface area contributed by atoms with Crippen molar-refractivity contribution in [3.05, 3.63) is 71.3 Å². The average molecular weight is 277 g/mol. The van der Waals surface area contributed by atoms with Gasteiger partial charge < -0.3 is 0 Å². The second-order valence-corrected chi connectivity index (χ2v) is 5.24. The van der Waals surface area contributed by atoms with Crippen LogP contribution in [0.15, 0.2) is 54.6 Å². The summed E-state index contributed by atoms with van der Waals surface area (Å²) in [6, 6.07) is 15.0. The highest BCUT2D eigenvalue weighted by Crippen LogP contribution is 2.28. The molecular weight excluding hydrogens is 262 g/mol. The van der Waals surface area contributed by atoms with Gasteiger partial charge in [0.05, 0.1) is 11.3 Å². The lowest BCUT2D eigenvalue weighted by molar-refractivity contribution is -0.119. The van der Waals surface area contributed by atoms with Crippen molar-refractivity contribution in [1.82, 2.24) is 0 Å². The third kappa shape index (κ3) is 2.38. The van der Waals surface area contributed by atoms with Gasteiger partial charge >= 0.3 is 0 Å². The van der Waals surface area contributed by atoms with Crippen molar-refractivity contribution >= 4 is 23.1 Å². The molecule has 0 N–H and O–H groups in total. The van der Waals surface area contributed by atoms with E-state index >= 15 is 0 Å². The van der Waals surface area contributed by atoms with Crippen LogP contribution in [-0.4, -0.2) is 11.8 Å². The van der Waals surface area contributed by atoms with E-state index in [0.717, 1.165) is 16.7 Å². The first-order valence-electron chi connectivity index (χ1n) is 6.80. The lowest BCUT2D eigenvalue weighted by atomic mass is 10.0. The fraction of sp³-hybridized carbons (Fsp3) is 0.111. The van der Waals surface area contributed by atoms with Crippen LogP contribution in [0.25, 0.3) is 5.57 Å². The molecule has 3 nitrogen and oxygen atoms in total. The number of carbonyl (C=O) groups is 2. The summed E-state index contributed by atoms with van der Waals surface area (Å²) in [6.07, 6.45) is 1.41. The van der Waals surface area contributed by atoms with Gasteiger partial charge in [-0.3, -0.25) is 9.59 Å². The summed E-state index contributed by atoms with van der Waals surface area (Å²) < 4.78 is 0. The molecule has 2 aromatic carbocycles. The molecule has 0 spiro atoms. The highest BCUT2D eigenvalue weighted by molar-refractivity contribution is 6.43. The fourth-order valence-electron chi connectivity index (χ4n) is 2.42. The van der Waals surface area contributed by atoms with E-state index in [0.29, 0.717) is 11.3 Å². The number of imide groups is 1. The van der Waals surface area contributed by atoms with Gasteiger partial charge in [0.2, 0.25) is 0 Å². The van der Waals surface area contributed by atoms with Crippen LogP contribution >= 0.6 is 0 Å². The molecule has 0 unspecified atom stereocenters. The maximum atomic E-state index is 12.5. The Kier molecular flexibility index (Phi) is 3.18. The first-order chi connectivity index (χ1) is 10.1. The first kappa shape index (κ1) is 13.3. The van der Waals surface area contributed by atoms with Crippen molar-refractivity contribution in [3.63, 3.8) is 0 Å². The summed E-state index contributed by atoms with van der Waals surface area (Å²) >= 11 is 0. The van der Waals surface area contributed by atoms with Gasteiger partial charge in [-0.15, -0.1) is 0 Å². The number of carbonyl (C=O) groups excluding carboxylic acids is 2. The molecule has 104 valence electrons. The predicted octanol–water partition coefficient (Wildman–Crippen LogP) is 3.26. The summed E-state index contributed by atoms with van der Waals surface area (Å²) in [5.74, 6) is -0.560. The number of benzene rings is 2. The molecular formula is C18H15NO2. The van der Waals surface area contributed by atoms with Crippen molar-refractivity contribution in [2.45, 2.75) is 13.8 Å². The molecule has 3 heteroatoms. The molecule has 0 saturated heterocycles. The Bertz CT molecular complexity index is 757. The number of aryl methyl sites for hydroxylation is 2. The zero-order valence-corrected chi connectivity index (χ0v) is 12.0. The van der Waals surface area contributed by atoms with Gasteiger partial charge in [-0.1, -0.05) is 42.0 Å². The quantitative estimate of drug-likeness (QED) is 0.790. The van der Waals surface area contributed by atoms with E-state index in [4.69, 9.17) is 0 Å². The van der Waals surface area contributed by atoms with E-state index in [-0.39, 0.29) is 11.8 Å². The minimum absolute atomic E-state index is 0.269. The molecule has 3 rings (SSSR count). The van der Waals surface area contributed by atoms with Crippen LogP contribution < -0.4 is 4.90 Å². The molecule has 0 aromatic heterocycles. The molecule has 0 aliphatic carbocycles. The third-order valence-corrected chi connectivity index (χ3v) is 3.54. The summed E-state index contributed by atoms with van der Waals surface area (Å²) in [5.41, 5.74) is 3.96. The molecule has 1 aliphatic rings. The lowest BCUT2D eigenvalue weighted by Crippen LogP contribution is -2.30. The number of anilines is 1. The monoisotopic (exact) mass is 277 g/mol. The van der Waals surface area contributed by atoms with Crippen LogP contribution in [0.3, 0.4) is 0 Å². The van der Waals surface area contributed by atoms with Gasteiger partial charge in [0.1, 0.15) is 0 Å². The highest BCUT2D eigenvalue weighted by Gasteiger charge is 2.32. The highest BCUT2D eigenvalue weighted by atomic mass is 16.2. The van der Waals surface area contributed by atoms with E-state index in [1.807, 2.05) is 56.3 Å². The Labute approximate surface area is 123 Å². The number of hydrogen-bond donors (Lipinski definition) is 0. The minimum Gasteiger partial charge on any atom is -0.269 e. The zero-order chi connectivity index (χ0) is 15.0. The fourth-order valence-corrected chi connectivity index (χ4v) is 2.42. The molecule has 0 saturated carbocycles. The second kappa shape index (κ2) is 5.02. The van der Waals surface area contributed by atoms with E-state index in [1.54, 1.807) is 6.07 Å². The zero-order valence-electron chi connectivity index (χ0n) is 12.0. The number of amides is 2. The Morgan fingerprint density at radius 2 is 1.57 bits per heavy atom. The molecule has 0 bridgehead atoms. The number of nitrogens with zero attached hydrogens (tertiary/aromatic N) is 1. The van der Waals surface area contributed by atoms with Crippen molar-refractivity contribution in [2.24, 2.45) is 0 Å². The molecule has 2 amide bonds. The topological polar surface area (TPSA) is 37.4 Å². The van der Waals surface area contributed by atoms with Gasteiger partial charge in [0.15, 0.2) is 0 Å². The smallest absolute Gasteiger partial charge is 0.266 e. The molecule has 2 aromatic rings. The van der Waals surface area contributed by atoms with Gasteiger partial charge in [0.25, 0.3) is 11.8 Å². The molecule has 1 heterocycles. The molecule has 0 radical (unpaired) electrons. The third-order valence-electron chi connectivity index (χ3n) is 3.54. The Morgan fingerprint density at radius 1 is 0.857 bits per heavy atom. The molecule has 0 atom stereocenters. The van der Waals surface area contributed by atoms with Crippen molar-refractivity contribution in [3.8, 4) is 0 Å². The summed E-state index contributed by atoms with van der Waals surface area (Å²) in [4.78, 5) is 26.0. The van der Waals surface area contributed by atoms with E-state index in [2.05, 4.69) is 0 Å².